The van der Waals surface area contributed by atoms with E-state index >= 15 is 4.39 Å². The molecule has 1 N–H and O–H groups in total. The van der Waals surface area contributed by atoms with Gasteiger partial charge in [-0.3, -0.25) is 4.79 Å². The van der Waals surface area contributed by atoms with Crippen molar-refractivity contribution in [1.29, 1.82) is 5.26 Å². The molecule has 1 amide bonds. The van der Waals surface area contributed by atoms with Crippen LogP contribution in [0.5, 0.6) is 0 Å². The Hall–Kier alpha value is -3.58. The number of halogens is 2. The molecule has 5 rings (SSSR count). The van der Waals surface area contributed by atoms with Gasteiger partial charge in [-0.1, -0.05) is 60.3 Å². The lowest BCUT2D eigenvalue weighted by Crippen LogP contribution is -2.52. The van der Waals surface area contributed by atoms with E-state index in [1.807, 2.05) is 36.4 Å². The molecule has 0 unspecified atom stereocenters. The Bertz CT molecular complexity index is 1380. The fourth-order valence-electron chi connectivity index (χ4n) is 4.81. The molecule has 0 bridgehead atoms. The number of hydrogen-bond donors (Lipinski definition) is 1. The number of carbonyl (C=O) groups is 1. The summed E-state index contributed by atoms with van der Waals surface area (Å²) >= 11 is 1.37. The van der Waals surface area contributed by atoms with Crippen molar-refractivity contribution in [3.8, 4) is 6.07 Å². The van der Waals surface area contributed by atoms with Gasteiger partial charge in [-0.05, 0) is 30.2 Å². The number of fused-ring (bicyclic) bond motifs is 1. The molecule has 3 atom stereocenters. The maximum atomic E-state index is 15.3. The average Bonchev–Trinajstić information content (AvgIpc) is 2.94. The molecule has 3 aromatic carbocycles. The van der Waals surface area contributed by atoms with Crippen molar-refractivity contribution in [1.82, 2.24) is 5.32 Å². The van der Waals surface area contributed by atoms with Gasteiger partial charge in [0.25, 0.3) is 5.91 Å². The number of amidine groups is 1. The molecule has 0 aliphatic carbocycles. The fraction of sp³-hybridized carbons (Fsp3) is 0.276. The van der Waals surface area contributed by atoms with Crippen LogP contribution in [-0.2, 0) is 21.6 Å². The first-order valence-electron chi connectivity index (χ1n) is 12.2. The van der Waals surface area contributed by atoms with E-state index in [0.29, 0.717) is 42.2 Å². The van der Waals surface area contributed by atoms with Crippen LogP contribution in [0, 0.1) is 28.9 Å². The van der Waals surface area contributed by atoms with Gasteiger partial charge in [0, 0.05) is 28.9 Å². The molecule has 9 heteroatoms. The van der Waals surface area contributed by atoms with Gasteiger partial charge < -0.3 is 14.8 Å². The van der Waals surface area contributed by atoms with E-state index in [-0.39, 0.29) is 35.7 Å². The number of thioether (sulfide) groups is 1. The SMILES string of the molecule is N#Cc1cc([C@]23CO[C@@H](COCc4ccccc4)C[C@H]2CSC(NC(=O)c2ccccc2)=N3)c(F)cc1F. The van der Waals surface area contributed by atoms with E-state index in [1.54, 1.807) is 30.3 Å². The van der Waals surface area contributed by atoms with E-state index in [2.05, 4.69) is 5.32 Å². The lowest BCUT2D eigenvalue weighted by Gasteiger charge is -2.46. The van der Waals surface area contributed by atoms with Crippen LogP contribution in [0.1, 0.15) is 33.5 Å². The number of benzene rings is 3. The van der Waals surface area contributed by atoms with E-state index in [0.717, 1.165) is 5.56 Å². The molecule has 1 fully saturated rings. The third kappa shape index (κ3) is 5.48. The Morgan fingerprint density at radius 3 is 2.61 bits per heavy atom. The topological polar surface area (TPSA) is 83.7 Å². The zero-order valence-corrected chi connectivity index (χ0v) is 21.2. The maximum absolute atomic E-state index is 15.3. The Morgan fingerprint density at radius 2 is 1.87 bits per heavy atom. The van der Waals surface area contributed by atoms with Gasteiger partial charge in [0.15, 0.2) is 5.17 Å². The van der Waals surface area contributed by atoms with E-state index < -0.39 is 17.2 Å². The monoisotopic (exact) mass is 533 g/mol. The second-order valence-corrected chi connectivity index (χ2v) is 10.3. The van der Waals surface area contributed by atoms with Crippen molar-refractivity contribution in [3.63, 3.8) is 0 Å². The van der Waals surface area contributed by atoms with Gasteiger partial charge in [0.2, 0.25) is 0 Å². The van der Waals surface area contributed by atoms with E-state index in [4.69, 9.17) is 14.5 Å². The lowest BCUT2D eigenvalue weighted by atomic mass is 9.74. The highest BCUT2D eigenvalue weighted by Crippen LogP contribution is 2.47. The molecule has 6 nitrogen and oxygen atoms in total. The molecule has 0 radical (unpaired) electrons. The molecule has 194 valence electrons. The number of carbonyl (C=O) groups excluding carboxylic acids is 1. The molecular formula is C29H25F2N3O3S. The van der Waals surface area contributed by atoms with Crippen molar-refractivity contribution >= 4 is 22.8 Å². The number of nitriles is 1. The molecule has 3 aromatic rings. The third-order valence-corrected chi connectivity index (χ3v) is 7.84. The van der Waals surface area contributed by atoms with Crippen molar-refractivity contribution in [2.24, 2.45) is 10.9 Å². The Labute approximate surface area is 223 Å². The van der Waals surface area contributed by atoms with Gasteiger partial charge in [-0.15, -0.1) is 0 Å². The third-order valence-electron chi connectivity index (χ3n) is 6.80. The predicted octanol–water partition coefficient (Wildman–Crippen LogP) is 5.19. The zero-order valence-electron chi connectivity index (χ0n) is 20.4. The van der Waals surface area contributed by atoms with Crippen LogP contribution in [-0.4, -0.2) is 36.1 Å². The molecule has 2 aliphatic heterocycles. The molecule has 1 saturated heterocycles. The smallest absolute Gasteiger partial charge is 0.257 e. The summed E-state index contributed by atoms with van der Waals surface area (Å²) in [5.74, 6) is -1.76. The second kappa shape index (κ2) is 11.4. The van der Waals surface area contributed by atoms with Gasteiger partial charge in [-0.2, -0.15) is 5.26 Å². The number of nitrogens with zero attached hydrogens (tertiary/aromatic N) is 2. The van der Waals surface area contributed by atoms with Crippen molar-refractivity contribution in [2.75, 3.05) is 19.0 Å². The summed E-state index contributed by atoms with van der Waals surface area (Å²) in [6, 6.07) is 22.2. The largest absolute Gasteiger partial charge is 0.374 e. The summed E-state index contributed by atoms with van der Waals surface area (Å²) in [7, 11) is 0. The minimum atomic E-state index is -1.23. The fourth-order valence-corrected chi connectivity index (χ4v) is 5.97. The number of ether oxygens (including phenoxy) is 2. The van der Waals surface area contributed by atoms with Crippen LogP contribution in [0.15, 0.2) is 77.8 Å². The number of rotatable bonds is 6. The van der Waals surface area contributed by atoms with Crippen LogP contribution < -0.4 is 5.32 Å². The summed E-state index contributed by atoms with van der Waals surface area (Å²) < 4.78 is 41.5. The molecule has 2 heterocycles. The molecule has 2 aliphatic rings. The number of nitrogens with one attached hydrogen (secondary N) is 1. The predicted molar refractivity (Wildman–Crippen MR) is 140 cm³/mol. The normalized spacial score (nSPS) is 22.6. The highest BCUT2D eigenvalue weighted by atomic mass is 32.2. The minimum Gasteiger partial charge on any atom is -0.374 e. The average molecular weight is 534 g/mol. The lowest BCUT2D eigenvalue weighted by molar-refractivity contribution is -0.0927. The minimum absolute atomic E-state index is 0.00425. The van der Waals surface area contributed by atoms with Gasteiger partial charge in [0.05, 0.1) is 31.5 Å². The first kappa shape index (κ1) is 26.0. The van der Waals surface area contributed by atoms with E-state index in [1.165, 1.54) is 17.8 Å². The van der Waals surface area contributed by atoms with Gasteiger partial charge in [-0.25, -0.2) is 13.8 Å². The van der Waals surface area contributed by atoms with Crippen LogP contribution in [0.4, 0.5) is 8.78 Å². The number of amides is 1. The first-order chi connectivity index (χ1) is 18.5. The van der Waals surface area contributed by atoms with Crippen LogP contribution in [0.25, 0.3) is 0 Å². The van der Waals surface area contributed by atoms with Crippen LogP contribution in [0.2, 0.25) is 0 Å². The first-order valence-corrected chi connectivity index (χ1v) is 13.2. The summed E-state index contributed by atoms with van der Waals surface area (Å²) in [6.45, 7) is 0.787. The summed E-state index contributed by atoms with van der Waals surface area (Å²) in [4.78, 5) is 17.6. The quantitative estimate of drug-likeness (QED) is 0.472. The van der Waals surface area contributed by atoms with Gasteiger partial charge >= 0.3 is 0 Å². The maximum Gasteiger partial charge on any atom is 0.257 e. The van der Waals surface area contributed by atoms with Crippen molar-refractivity contribution in [2.45, 2.75) is 24.7 Å². The van der Waals surface area contributed by atoms with E-state index in [9.17, 15) is 14.4 Å². The zero-order chi connectivity index (χ0) is 26.5. The summed E-state index contributed by atoms with van der Waals surface area (Å²) in [6.07, 6.45) is 0.274. The Kier molecular flexibility index (Phi) is 7.84. The van der Waals surface area contributed by atoms with Crippen molar-refractivity contribution in [3.05, 3.63) is 107 Å². The Morgan fingerprint density at radius 1 is 1.13 bits per heavy atom. The molecule has 0 saturated carbocycles. The number of hydrogen-bond acceptors (Lipinski definition) is 6. The summed E-state index contributed by atoms with van der Waals surface area (Å²) in [5.41, 5.74) is 0.0834. The van der Waals surface area contributed by atoms with Crippen LogP contribution >= 0.6 is 11.8 Å². The number of aliphatic imine (C=N–C) groups is 1. The van der Waals surface area contributed by atoms with Crippen molar-refractivity contribution < 1.29 is 23.0 Å². The molecular weight excluding hydrogens is 508 g/mol. The highest BCUT2D eigenvalue weighted by molar-refractivity contribution is 8.13. The highest BCUT2D eigenvalue weighted by Gasteiger charge is 2.50. The molecule has 38 heavy (non-hydrogen) atoms. The summed E-state index contributed by atoms with van der Waals surface area (Å²) in [5, 5.41) is 12.5. The Balaban J connectivity index is 1.41. The van der Waals surface area contributed by atoms with Gasteiger partial charge in [0.1, 0.15) is 23.2 Å². The standard InChI is InChI=1S/C29H25F2N3O3S/c30-25-13-26(31)24(11-21(25)14-32)29-18-37-23(16-36-15-19-7-3-1-4-8-19)12-22(29)17-38-28(34-29)33-27(35)20-9-5-2-6-10-20/h1-11,13,22-23H,12,15-18H2,(H,33,34,35)/t22-,23+,29-/m0/s1. The second-order valence-electron chi connectivity index (χ2n) is 9.26. The molecule has 0 aromatic heterocycles. The molecule has 0 spiro atoms. The van der Waals surface area contributed by atoms with Crippen LogP contribution in [0.3, 0.4) is 0 Å².